The Morgan fingerprint density at radius 2 is 2.17 bits per heavy atom. The number of nitrogens with one attached hydrogen (secondary N) is 1. The molecule has 0 aliphatic carbocycles. The molecule has 2 N–H and O–H groups in total. The van der Waals surface area contributed by atoms with Crippen LogP contribution >= 0.6 is 0 Å². The van der Waals surface area contributed by atoms with Crippen LogP contribution < -0.4 is 5.32 Å². The zero-order chi connectivity index (χ0) is 13.4. The number of hydrogen-bond donors (Lipinski definition) is 2. The molecule has 0 aromatic carbocycles. The normalized spacial score (nSPS) is 18.7. The summed E-state index contributed by atoms with van der Waals surface area (Å²) < 4.78 is 4.99. The highest BCUT2D eigenvalue weighted by Crippen LogP contribution is 2.13. The van der Waals surface area contributed by atoms with Crippen LogP contribution in [0.1, 0.15) is 39.5 Å². The molecule has 1 amide bonds. The molecular formula is C13H26N2O3. The molecule has 1 rings (SSSR count). The number of nitrogens with zero attached hydrogens (tertiary/aromatic N) is 1. The van der Waals surface area contributed by atoms with Gasteiger partial charge >= 0.3 is 6.09 Å². The van der Waals surface area contributed by atoms with Gasteiger partial charge in [0.2, 0.25) is 0 Å². The largest absolute Gasteiger partial charge is 0.450 e. The van der Waals surface area contributed by atoms with Gasteiger partial charge in [0.05, 0.1) is 6.61 Å². The van der Waals surface area contributed by atoms with Crippen molar-refractivity contribution in [1.29, 1.82) is 0 Å². The van der Waals surface area contributed by atoms with Gasteiger partial charge < -0.3 is 20.1 Å². The van der Waals surface area contributed by atoms with Crippen molar-refractivity contribution in [3.63, 3.8) is 0 Å². The number of carbonyl (C=O) groups excluding carboxylic acids is 1. The second-order valence-electron chi connectivity index (χ2n) is 4.89. The maximum absolute atomic E-state index is 11.5. The molecule has 0 aromatic rings. The van der Waals surface area contributed by atoms with E-state index in [1.807, 2.05) is 6.92 Å². The maximum atomic E-state index is 11.5. The third-order valence-corrected chi connectivity index (χ3v) is 3.34. The first kappa shape index (κ1) is 15.2. The van der Waals surface area contributed by atoms with E-state index in [1.54, 1.807) is 4.90 Å². The van der Waals surface area contributed by atoms with Gasteiger partial charge in [-0.3, -0.25) is 0 Å². The number of likely N-dealkylation sites (tertiary alicyclic amines) is 1. The van der Waals surface area contributed by atoms with E-state index in [0.29, 0.717) is 18.7 Å². The van der Waals surface area contributed by atoms with Crippen molar-refractivity contribution in [3.05, 3.63) is 0 Å². The van der Waals surface area contributed by atoms with Crippen LogP contribution in [0.4, 0.5) is 4.79 Å². The molecule has 1 atom stereocenters. The fourth-order valence-corrected chi connectivity index (χ4v) is 2.33. The summed E-state index contributed by atoms with van der Waals surface area (Å²) in [7, 11) is 0. The van der Waals surface area contributed by atoms with Crippen molar-refractivity contribution in [2.75, 3.05) is 26.3 Å². The Hall–Kier alpha value is -0.810. The standard InChI is InChI=1S/C13H26N2O3/c1-3-18-13(17)15-8-6-12(7-9-15)14-11(2)5-4-10-16/h11-12,14,16H,3-10H2,1-2H3. The van der Waals surface area contributed by atoms with Gasteiger partial charge in [-0.1, -0.05) is 0 Å². The number of hydrogen-bond acceptors (Lipinski definition) is 4. The number of piperidine rings is 1. The van der Waals surface area contributed by atoms with Crippen molar-refractivity contribution in [2.24, 2.45) is 0 Å². The summed E-state index contributed by atoms with van der Waals surface area (Å²) in [6.45, 7) is 6.21. The highest BCUT2D eigenvalue weighted by atomic mass is 16.6. The highest BCUT2D eigenvalue weighted by Gasteiger charge is 2.23. The monoisotopic (exact) mass is 258 g/mol. The third kappa shape index (κ3) is 5.23. The van der Waals surface area contributed by atoms with Gasteiger partial charge in [0.1, 0.15) is 0 Å². The van der Waals surface area contributed by atoms with E-state index >= 15 is 0 Å². The van der Waals surface area contributed by atoms with E-state index in [-0.39, 0.29) is 12.7 Å². The minimum Gasteiger partial charge on any atom is -0.450 e. The lowest BCUT2D eigenvalue weighted by molar-refractivity contribution is 0.0941. The van der Waals surface area contributed by atoms with Crippen molar-refractivity contribution >= 4 is 6.09 Å². The van der Waals surface area contributed by atoms with Gasteiger partial charge in [-0.25, -0.2) is 4.79 Å². The first-order chi connectivity index (χ1) is 8.67. The molecular weight excluding hydrogens is 232 g/mol. The van der Waals surface area contributed by atoms with Crippen LogP contribution in [0.2, 0.25) is 0 Å². The molecule has 1 unspecified atom stereocenters. The summed E-state index contributed by atoms with van der Waals surface area (Å²) in [5, 5.41) is 12.3. The van der Waals surface area contributed by atoms with Crippen LogP contribution in [0.3, 0.4) is 0 Å². The van der Waals surface area contributed by atoms with Gasteiger partial charge in [0.25, 0.3) is 0 Å². The van der Waals surface area contributed by atoms with Gasteiger partial charge in [0.15, 0.2) is 0 Å². The van der Waals surface area contributed by atoms with Crippen LogP contribution in [-0.2, 0) is 4.74 Å². The first-order valence-corrected chi connectivity index (χ1v) is 6.96. The minimum absolute atomic E-state index is 0.190. The van der Waals surface area contributed by atoms with E-state index in [4.69, 9.17) is 9.84 Å². The summed E-state index contributed by atoms with van der Waals surface area (Å²) >= 11 is 0. The molecule has 1 saturated heterocycles. The SMILES string of the molecule is CCOC(=O)N1CCC(NC(C)CCCO)CC1. The van der Waals surface area contributed by atoms with Gasteiger partial charge in [-0.2, -0.15) is 0 Å². The number of aliphatic hydroxyl groups is 1. The molecule has 1 heterocycles. The average Bonchev–Trinajstić information content (AvgIpc) is 2.37. The first-order valence-electron chi connectivity index (χ1n) is 6.96. The molecule has 0 bridgehead atoms. The van der Waals surface area contributed by atoms with E-state index in [1.165, 1.54) is 0 Å². The number of aliphatic hydroxyl groups excluding tert-OH is 1. The van der Waals surface area contributed by atoms with Gasteiger partial charge in [-0.15, -0.1) is 0 Å². The van der Waals surface area contributed by atoms with E-state index in [0.717, 1.165) is 38.8 Å². The molecule has 0 radical (unpaired) electrons. The van der Waals surface area contributed by atoms with Crippen LogP contribution in [0.15, 0.2) is 0 Å². The lowest BCUT2D eigenvalue weighted by Gasteiger charge is -2.33. The Morgan fingerprint density at radius 1 is 1.50 bits per heavy atom. The molecule has 18 heavy (non-hydrogen) atoms. The zero-order valence-corrected chi connectivity index (χ0v) is 11.5. The Kier molecular flexibility index (Phi) is 7.05. The molecule has 5 heteroatoms. The summed E-state index contributed by atoms with van der Waals surface area (Å²) in [5.41, 5.74) is 0. The van der Waals surface area contributed by atoms with Gasteiger partial charge in [0, 0.05) is 31.8 Å². The van der Waals surface area contributed by atoms with Crippen molar-refractivity contribution in [1.82, 2.24) is 10.2 Å². The van der Waals surface area contributed by atoms with Gasteiger partial charge in [-0.05, 0) is 39.5 Å². The fourth-order valence-electron chi connectivity index (χ4n) is 2.33. The predicted octanol–water partition coefficient (Wildman–Crippen LogP) is 1.36. The Bertz CT molecular complexity index is 240. The third-order valence-electron chi connectivity index (χ3n) is 3.34. The average molecular weight is 258 g/mol. The van der Waals surface area contributed by atoms with Crippen LogP contribution in [0.25, 0.3) is 0 Å². The lowest BCUT2D eigenvalue weighted by atomic mass is 10.0. The Labute approximate surface area is 109 Å². The van der Waals surface area contributed by atoms with Crippen LogP contribution in [-0.4, -0.2) is 54.5 Å². The molecule has 0 saturated carbocycles. The van der Waals surface area contributed by atoms with E-state index in [2.05, 4.69) is 12.2 Å². The highest BCUT2D eigenvalue weighted by molar-refractivity contribution is 5.67. The van der Waals surface area contributed by atoms with Crippen molar-refractivity contribution in [3.8, 4) is 0 Å². The molecule has 1 aliphatic rings. The fraction of sp³-hybridized carbons (Fsp3) is 0.923. The number of rotatable bonds is 6. The molecule has 0 spiro atoms. The Balaban J connectivity index is 2.20. The summed E-state index contributed by atoms with van der Waals surface area (Å²) in [4.78, 5) is 13.3. The van der Waals surface area contributed by atoms with Crippen LogP contribution in [0.5, 0.6) is 0 Å². The molecule has 106 valence electrons. The van der Waals surface area contributed by atoms with Crippen LogP contribution in [0, 0.1) is 0 Å². The quantitative estimate of drug-likeness (QED) is 0.755. The number of carbonyl (C=O) groups is 1. The second-order valence-corrected chi connectivity index (χ2v) is 4.89. The van der Waals surface area contributed by atoms with E-state index in [9.17, 15) is 4.79 Å². The summed E-state index contributed by atoms with van der Waals surface area (Å²) in [6.07, 6.45) is 3.60. The predicted molar refractivity (Wildman–Crippen MR) is 70.5 cm³/mol. The smallest absolute Gasteiger partial charge is 0.409 e. The van der Waals surface area contributed by atoms with Crippen molar-refractivity contribution in [2.45, 2.75) is 51.6 Å². The second kappa shape index (κ2) is 8.32. The molecule has 1 fully saturated rings. The minimum atomic E-state index is -0.190. The zero-order valence-electron chi connectivity index (χ0n) is 11.5. The maximum Gasteiger partial charge on any atom is 0.409 e. The lowest BCUT2D eigenvalue weighted by Crippen LogP contribution is -2.47. The summed E-state index contributed by atoms with van der Waals surface area (Å²) in [6, 6.07) is 0.903. The molecule has 0 aromatic heterocycles. The van der Waals surface area contributed by atoms with Crippen molar-refractivity contribution < 1.29 is 14.6 Å². The summed E-state index contributed by atoms with van der Waals surface area (Å²) in [5.74, 6) is 0. The van der Waals surface area contributed by atoms with E-state index < -0.39 is 0 Å². The Morgan fingerprint density at radius 3 is 2.72 bits per heavy atom. The number of ether oxygens (including phenoxy) is 1. The molecule has 1 aliphatic heterocycles. The number of amides is 1. The topological polar surface area (TPSA) is 61.8 Å². The molecule has 5 nitrogen and oxygen atoms in total.